The molecule has 0 bridgehead atoms. The lowest BCUT2D eigenvalue weighted by molar-refractivity contribution is -0.131. The van der Waals surface area contributed by atoms with Crippen LogP contribution in [-0.4, -0.2) is 140 Å². The number of carbonyl (C=O) groups is 2. The van der Waals surface area contributed by atoms with Gasteiger partial charge in [0.1, 0.15) is 11.4 Å². The highest BCUT2D eigenvalue weighted by Gasteiger charge is 2.42. The molecule has 2 saturated heterocycles. The van der Waals surface area contributed by atoms with Gasteiger partial charge in [-0.3, -0.25) is 19.1 Å². The highest BCUT2D eigenvalue weighted by Crippen LogP contribution is 2.41. The van der Waals surface area contributed by atoms with Crippen molar-refractivity contribution in [2.24, 2.45) is 5.92 Å². The molecular formula is C49H71N7O7Si. The van der Waals surface area contributed by atoms with Crippen LogP contribution in [0.2, 0.25) is 18.1 Å². The van der Waals surface area contributed by atoms with Crippen LogP contribution in [-0.2, 0) is 38.1 Å². The van der Waals surface area contributed by atoms with Crippen molar-refractivity contribution in [2.45, 2.75) is 102 Å². The van der Waals surface area contributed by atoms with Crippen LogP contribution in [0.15, 0.2) is 65.6 Å². The molecule has 4 aromatic rings. The number of phenolic OH excluding ortho intramolecular Hbond substituents is 1. The highest BCUT2D eigenvalue weighted by molar-refractivity contribution is 6.74. The summed E-state index contributed by atoms with van der Waals surface area (Å²) < 4.78 is 21.1. The first-order valence-electron chi connectivity index (χ1n) is 23.4. The molecule has 1 spiro atoms. The van der Waals surface area contributed by atoms with Crippen molar-refractivity contribution in [1.29, 1.82) is 0 Å². The van der Waals surface area contributed by atoms with E-state index < -0.39 is 8.32 Å². The Morgan fingerprint density at radius 2 is 1.81 bits per heavy atom. The molecule has 2 amide bonds. The van der Waals surface area contributed by atoms with E-state index in [1.54, 1.807) is 17.0 Å². The molecule has 4 heterocycles. The number of phenols is 1. The summed E-state index contributed by atoms with van der Waals surface area (Å²) in [6.07, 6.45) is 8.03. The van der Waals surface area contributed by atoms with Gasteiger partial charge in [0, 0.05) is 77.1 Å². The zero-order valence-electron chi connectivity index (χ0n) is 39.0. The lowest BCUT2D eigenvalue weighted by Crippen LogP contribution is -2.58. The number of pyridine rings is 1. The number of aromatic amines is 1. The van der Waals surface area contributed by atoms with Crippen LogP contribution in [0.25, 0.3) is 10.9 Å². The van der Waals surface area contributed by atoms with E-state index in [1.165, 1.54) is 30.0 Å². The number of likely N-dealkylation sites (tertiary alicyclic amines) is 1. The Balaban J connectivity index is 0.788. The summed E-state index contributed by atoms with van der Waals surface area (Å²) in [4.78, 5) is 47.4. The fourth-order valence-corrected chi connectivity index (χ4v) is 9.85. The van der Waals surface area contributed by atoms with E-state index in [2.05, 4.69) is 78.4 Å². The lowest BCUT2D eigenvalue weighted by Gasteiger charge is -2.47. The Morgan fingerprint density at radius 1 is 1.05 bits per heavy atom. The first-order valence-corrected chi connectivity index (χ1v) is 26.3. The Kier molecular flexibility index (Phi) is 15.5. The SMILES string of the molecule is CN(CCNC[C@H](O[Si](C)(C)C(C)(C)C)c1ccc(O)c2[nH]c(=O)ccc12)C(=O)CCOCCc1cccc(CCN2CCC3(CC2)CN(C(=O)c2ccn(CC4CC4)n2)CCO3)c1. The highest BCUT2D eigenvalue weighted by atomic mass is 28.4. The van der Waals surface area contributed by atoms with Crippen LogP contribution < -0.4 is 10.9 Å². The zero-order chi connectivity index (χ0) is 45.5. The standard InChI is InChI=1S/C49H71N7O7Si/c1-48(2,3)64(5,6)63-43(39-12-14-42(57)46-40(39)13-15-44(58)51-46)33-50-22-27-53(4)45(59)19-30-61-29-18-37-9-7-8-36(32-37)16-23-54-25-20-49(21-26-54)35-55(28-31-62-49)47(60)41-17-24-56(52-41)34-38-10-11-38/h7-9,12-15,17,24,32,38,43,50,57H,10-11,16,18-23,25-31,33-35H2,1-6H3,(H,51,58)/t43-/m0/s1. The van der Waals surface area contributed by atoms with Gasteiger partial charge in [-0.15, -0.1) is 0 Å². The van der Waals surface area contributed by atoms with Gasteiger partial charge < -0.3 is 44.0 Å². The van der Waals surface area contributed by atoms with Crippen molar-refractivity contribution < 1.29 is 28.6 Å². The molecule has 2 aromatic carbocycles. The van der Waals surface area contributed by atoms with E-state index in [9.17, 15) is 19.5 Å². The summed E-state index contributed by atoms with van der Waals surface area (Å²) in [7, 11) is -0.389. The number of nitrogens with one attached hydrogen (secondary N) is 2. The molecule has 3 fully saturated rings. The average molecular weight is 898 g/mol. The summed E-state index contributed by atoms with van der Waals surface area (Å²) >= 11 is 0. The molecule has 2 aliphatic heterocycles. The molecule has 1 aliphatic carbocycles. The Morgan fingerprint density at radius 3 is 2.56 bits per heavy atom. The van der Waals surface area contributed by atoms with Crippen molar-refractivity contribution >= 4 is 31.0 Å². The number of ether oxygens (including phenoxy) is 2. The Hall–Kier alpha value is -4.38. The summed E-state index contributed by atoms with van der Waals surface area (Å²) in [5.74, 6) is 0.784. The number of morpholine rings is 1. The van der Waals surface area contributed by atoms with E-state index in [0.717, 1.165) is 62.8 Å². The number of nitrogens with zero attached hydrogens (tertiary/aromatic N) is 5. The third-order valence-electron chi connectivity index (χ3n) is 13.9. The number of benzene rings is 2. The maximum atomic E-state index is 13.4. The predicted molar refractivity (Wildman–Crippen MR) is 252 cm³/mol. The molecule has 15 heteroatoms. The minimum Gasteiger partial charge on any atom is -0.506 e. The Bertz CT molecular complexity index is 2260. The largest absolute Gasteiger partial charge is 0.506 e. The van der Waals surface area contributed by atoms with Gasteiger partial charge >= 0.3 is 0 Å². The number of piperidine rings is 1. The topological polar surface area (TPSA) is 154 Å². The molecule has 0 unspecified atom stereocenters. The smallest absolute Gasteiger partial charge is 0.274 e. The van der Waals surface area contributed by atoms with Gasteiger partial charge in [0.15, 0.2) is 8.32 Å². The van der Waals surface area contributed by atoms with Gasteiger partial charge in [-0.05, 0) is 97.5 Å². The van der Waals surface area contributed by atoms with Gasteiger partial charge in [0.25, 0.3) is 5.91 Å². The number of hydrogen-bond acceptors (Lipinski definition) is 10. The second kappa shape index (κ2) is 20.8. The number of carbonyl (C=O) groups excluding carboxylic acids is 2. The van der Waals surface area contributed by atoms with E-state index in [1.807, 2.05) is 35.0 Å². The molecule has 348 valence electrons. The fourth-order valence-electron chi connectivity index (χ4n) is 8.57. The van der Waals surface area contributed by atoms with Gasteiger partial charge in [-0.25, -0.2) is 0 Å². The minimum absolute atomic E-state index is 0.0180. The zero-order valence-corrected chi connectivity index (χ0v) is 40.0. The third-order valence-corrected chi connectivity index (χ3v) is 18.4. The summed E-state index contributed by atoms with van der Waals surface area (Å²) in [6, 6.07) is 17.3. The van der Waals surface area contributed by atoms with Crippen molar-refractivity contribution in [3.8, 4) is 5.75 Å². The van der Waals surface area contributed by atoms with Crippen LogP contribution in [0.3, 0.4) is 0 Å². The number of H-pyrrole nitrogens is 1. The number of amides is 2. The van der Waals surface area contributed by atoms with Gasteiger partial charge in [0.2, 0.25) is 11.5 Å². The van der Waals surface area contributed by atoms with Crippen LogP contribution in [0.4, 0.5) is 0 Å². The molecule has 7 rings (SSSR count). The second-order valence-electron chi connectivity index (χ2n) is 19.8. The average Bonchev–Trinajstić information content (AvgIpc) is 3.97. The molecule has 14 nitrogen and oxygen atoms in total. The first-order chi connectivity index (χ1) is 30.6. The maximum Gasteiger partial charge on any atom is 0.274 e. The number of fused-ring (bicyclic) bond motifs is 1. The Labute approximate surface area is 379 Å². The van der Waals surface area contributed by atoms with Crippen molar-refractivity contribution in [3.05, 3.63) is 93.5 Å². The van der Waals surface area contributed by atoms with E-state index in [-0.39, 0.29) is 39.9 Å². The van der Waals surface area contributed by atoms with Crippen LogP contribution in [0.5, 0.6) is 5.75 Å². The molecular weight excluding hydrogens is 827 g/mol. The fraction of sp³-hybridized carbons (Fsp3) is 0.592. The van der Waals surface area contributed by atoms with Crippen molar-refractivity contribution in [2.75, 3.05) is 79.2 Å². The molecule has 3 aliphatic rings. The molecule has 2 aromatic heterocycles. The first kappa shape index (κ1) is 47.6. The maximum absolute atomic E-state index is 13.4. The predicted octanol–water partition coefficient (Wildman–Crippen LogP) is 6.15. The van der Waals surface area contributed by atoms with E-state index in [4.69, 9.17) is 13.9 Å². The normalized spacial score (nSPS) is 17.6. The third kappa shape index (κ3) is 12.5. The summed E-state index contributed by atoms with van der Waals surface area (Å²) in [6.45, 7) is 19.1. The van der Waals surface area contributed by atoms with Gasteiger partial charge in [-0.2, -0.15) is 5.10 Å². The van der Waals surface area contributed by atoms with Gasteiger partial charge in [0.05, 0.1) is 50.0 Å². The van der Waals surface area contributed by atoms with Crippen LogP contribution in [0, 0.1) is 5.92 Å². The van der Waals surface area contributed by atoms with E-state index in [0.29, 0.717) is 76.1 Å². The number of likely N-dealkylation sites (N-methyl/N-ethyl adjacent to an activating group) is 1. The van der Waals surface area contributed by atoms with Crippen molar-refractivity contribution in [3.63, 3.8) is 0 Å². The quantitative estimate of drug-likeness (QED) is 0.0696. The van der Waals surface area contributed by atoms with Crippen molar-refractivity contribution in [1.82, 2.24) is 34.8 Å². The monoisotopic (exact) mass is 898 g/mol. The minimum atomic E-state index is -2.21. The number of aromatic nitrogens is 3. The number of rotatable bonds is 20. The molecule has 3 N–H and O–H groups in total. The van der Waals surface area contributed by atoms with Gasteiger partial charge in [-0.1, -0.05) is 51.1 Å². The van der Waals surface area contributed by atoms with Crippen LogP contribution >= 0.6 is 0 Å². The molecule has 1 atom stereocenters. The number of aromatic hydroxyl groups is 1. The molecule has 1 saturated carbocycles. The number of hydrogen-bond donors (Lipinski definition) is 3. The molecule has 64 heavy (non-hydrogen) atoms. The van der Waals surface area contributed by atoms with Crippen LogP contribution in [0.1, 0.15) is 86.2 Å². The van der Waals surface area contributed by atoms with E-state index >= 15 is 0 Å². The lowest BCUT2D eigenvalue weighted by atomic mass is 9.89. The summed E-state index contributed by atoms with van der Waals surface area (Å²) in [5, 5.41) is 19.3. The molecule has 0 radical (unpaired) electrons. The summed E-state index contributed by atoms with van der Waals surface area (Å²) in [5.41, 5.74) is 3.82. The second-order valence-corrected chi connectivity index (χ2v) is 24.6.